The number of nitrogens with one attached hydrogen (secondary N) is 3. The number of hydrogen-bond donors (Lipinski definition) is 4. The summed E-state index contributed by atoms with van der Waals surface area (Å²) in [6.07, 6.45) is 0.0320. The molecule has 0 aliphatic carbocycles. The number of urea groups is 1. The first-order valence-corrected chi connectivity index (χ1v) is 12.0. The molecule has 0 saturated heterocycles. The summed E-state index contributed by atoms with van der Waals surface area (Å²) < 4.78 is 0. The van der Waals surface area contributed by atoms with Gasteiger partial charge in [0.15, 0.2) is 0 Å². The first-order chi connectivity index (χ1) is 18.6. The lowest BCUT2D eigenvalue weighted by Crippen LogP contribution is -2.40. The van der Waals surface area contributed by atoms with Crippen molar-refractivity contribution in [2.75, 3.05) is 41.0 Å². The van der Waals surface area contributed by atoms with Crippen molar-refractivity contribution in [3.63, 3.8) is 0 Å². The van der Waals surface area contributed by atoms with E-state index in [2.05, 4.69) is 16.0 Å². The molecule has 0 unspecified atom stereocenters. The number of benzene rings is 3. The Bertz CT molecular complexity index is 1450. The predicted octanol–water partition coefficient (Wildman–Crippen LogP) is 3.32. The maximum absolute atomic E-state index is 13.0. The van der Waals surface area contributed by atoms with Crippen LogP contribution in [0, 0.1) is 6.92 Å². The highest BCUT2D eigenvalue weighted by molar-refractivity contribution is 6.11. The molecular weight excluding hydrogens is 502 g/mol. The van der Waals surface area contributed by atoms with Crippen LogP contribution in [0.25, 0.3) is 0 Å². The number of amides is 5. The number of aliphatic carboxylic acids is 1. The smallest absolute Gasteiger partial charge is 0.323 e. The fourth-order valence-electron chi connectivity index (χ4n) is 4.11. The molecule has 39 heavy (non-hydrogen) atoms. The Morgan fingerprint density at radius 1 is 0.897 bits per heavy atom. The largest absolute Gasteiger partial charge is 0.480 e. The second-order valence-electron chi connectivity index (χ2n) is 9.06. The van der Waals surface area contributed by atoms with Gasteiger partial charge in [-0.3, -0.25) is 19.2 Å². The second kappa shape index (κ2) is 11.5. The van der Waals surface area contributed by atoms with E-state index in [9.17, 15) is 24.0 Å². The molecule has 0 atom stereocenters. The molecule has 0 radical (unpaired) electrons. The summed E-state index contributed by atoms with van der Waals surface area (Å²) in [6, 6.07) is 18.4. The van der Waals surface area contributed by atoms with E-state index in [1.165, 1.54) is 24.1 Å². The number of carboxylic acid groups (broad SMARTS) is 1. The average Bonchev–Trinajstić information content (AvgIpc) is 2.97. The Morgan fingerprint density at radius 3 is 2.28 bits per heavy atom. The summed E-state index contributed by atoms with van der Waals surface area (Å²) in [4.78, 5) is 63.8. The average molecular weight is 530 g/mol. The first-order valence-electron chi connectivity index (χ1n) is 12.0. The maximum atomic E-state index is 13.0. The molecular formula is C28H27N5O6. The summed E-state index contributed by atoms with van der Waals surface area (Å²) in [5.74, 6) is -2.62. The summed E-state index contributed by atoms with van der Waals surface area (Å²) in [5, 5.41) is 17.4. The van der Waals surface area contributed by atoms with Crippen molar-refractivity contribution in [2.24, 2.45) is 0 Å². The van der Waals surface area contributed by atoms with Crippen molar-refractivity contribution in [3.8, 4) is 0 Å². The van der Waals surface area contributed by atoms with Gasteiger partial charge in [-0.15, -0.1) is 0 Å². The predicted molar refractivity (Wildman–Crippen MR) is 146 cm³/mol. The Kier molecular flexibility index (Phi) is 7.90. The first kappa shape index (κ1) is 26.9. The zero-order valence-electron chi connectivity index (χ0n) is 21.4. The third kappa shape index (κ3) is 6.58. The van der Waals surface area contributed by atoms with Gasteiger partial charge in [0.2, 0.25) is 11.8 Å². The number of fused-ring (bicyclic) bond motifs is 1. The number of carbonyl (C=O) groups excluding carboxylic acids is 4. The van der Waals surface area contributed by atoms with Crippen LogP contribution in [-0.2, 0) is 20.8 Å². The van der Waals surface area contributed by atoms with Gasteiger partial charge in [-0.05, 0) is 54.4 Å². The van der Waals surface area contributed by atoms with Crippen LogP contribution in [0.3, 0.4) is 0 Å². The number of carboxylic acids is 1. The molecule has 0 spiro atoms. The second-order valence-corrected chi connectivity index (χ2v) is 9.06. The third-order valence-electron chi connectivity index (χ3n) is 6.16. The number of hydrogen-bond acceptors (Lipinski definition) is 5. The van der Waals surface area contributed by atoms with E-state index in [-0.39, 0.29) is 30.5 Å². The van der Waals surface area contributed by atoms with Crippen LogP contribution < -0.4 is 20.9 Å². The number of nitrogens with zero attached hydrogens (tertiary/aromatic N) is 2. The summed E-state index contributed by atoms with van der Waals surface area (Å²) in [6.45, 7) is 0.912. The molecule has 0 bridgehead atoms. The number of anilines is 4. The lowest BCUT2D eigenvalue weighted by molar-refractivity contribution is -0.138. The van der Waals surface area contributed by atoms with Crippen LogP contribution in [0.4, 0.5) is 27.5 Å². The minimum atomic E-state index is -1.24. The van der Waals surface area contributed by atoms with Gasteiger partial charge in [0.1, 0.15) is 13.1 Å². The Hall–Kier alpha value is -5.19. The lowest BCUT2D eigenvalue weighted by Gasteiger charge is -2.17. The van der Waals surface area contributed by atoms with E-state index in [0.29, 0.717) is 28.3 Å². The Morgan fingerprint density at radius 2 is 1.59 bits per heavy atom. The third-order valence-corrected chi connectivity index (χ3v) is 6.16. The van der Waals surface area contributed by atoms with Gasteiger partial charge in [0.25, 0.3) is 5.91 Å². The molecule has 1 aliphatic heterocycles. The number of rotatable bonds is 7. The molecule has 5 amide bonds. The molecule has 200 valence electrons. The minimum Gasteiger partial charge on any atom is -0.480 e. The van der Waals surface area contributed by atoms with Crippen molar-refractivity contribution < 1.29 is 29.1 Å². The van der Waals surface area contributed by atoms with Crippen molar-refractivity contribution in [1.29, 1.82) is 0 Å². The quantitative estimate of drug-likeness (QED) is 0.369. The lowest BCUT2D eigenvalue weighted by atomic mass is 10.1. The molecule has 3 aromatic rings. The SMILES string of the molecule is Cc1ccccc1NC(=O)Nc1ccc(CC(=O)Nc2ccc3c(c2)C(=O)N(CC(=O)O)CC(=O)N3C)cc1. The van der Waals surface area contributed by atoms with Gasteiger partial charge in [-0.2, -0.15) is 0 Å². The summed E-state index contributed by atoms with van der Waals surface area (Å²) >= 11 is 0. The molecule has 1 aliphatic rings. The molecule has 11 nitrogen and oxygen atoms in total. The van der Waals surface area contributed by atoms with Gasteiger partial charge in [-0.1, -0.05) is 30.3 Å². The zero-order chi connectivity index (χ0) is 28.1. The maximum Gasteiger partial charge on any atom is 0.323 e. The fourth-order valence-corrected chi connectivity index (χ4v) is 4.11. The van der Waals surface area contributed by atoms with Gasteiger partial charge in [0, 0.05) is 24.1 Å². The molecule has 4 rings (SSSR count). The molecule has 0 saturated carbocycles. The van der Waals surface area contributed by atoms with Gasteiger partial charge >= 0.3 is 12.0 Å². The summed E-state index contributed by atoms with van der Waals surface area (Å²) in [7, 11) is 1.50. The van der Waals surface area contributed by atoms with Gasteiger partial charge in [-0.25, -0.2) is 4.79 Å². The van der Waals surface area contributed by atoms with E-state index in [1.54, 1.807) is 36.4 Å². The molecule has 0 aromatic heterocycles. The van der Waals surface area contributed by atoms with E-state index >= 15 is 0 Å². The van der Waals surface area contributed by atoms with Crippen molar-refractivity contribution >= 4 is 52.5 Å². The standard InChI is InChI=1S/C28H27N5O6/c1-17-5-3-4-6-22(17)31-28(39)30-19-9-7-18(8-10-19)13-24(34)29-20-11-12-23-21(14-20)27(38)33(16-26(36)37)15-25(35)32(23)2/h3-12,14H,13,15-16H2,1-2H3,(H,29,34)(H,36,37)(H2,30,31,39). The molecule has 1 heterocycles. The highest BCUT2D eigenvalue weighted by atomic mass is 16.4. The van der Waals surface area contributed by atoms with Crippen LogP contribution in [-0.4, -0.2) is 59.9 Å². The van der Waals surface area contributed by atoms with Crippen molar-refractivity contribution in [3.05, 3.63) is 83.4 Å². The van der Waals surface area contributed by atoms with Crippen molar-refractivity contribution in [2.45, 2.75) is 13.3 Å². The van der Waals surface area contributed by atoms with Crippen LogP contribution in [0.5, 0.6) is 0 Å². The number of aryl methyl sites for hydroxylation is 1. The van der Waals surface area contributed by atoms with Gasteiger partial charge < -0.3 is 30.9 Å². The molecule has 0 fully saturated rings. The van der Waals surface area contributed by atoms with E-state index in [0.717, 1.165) is 10.5 Å². The topological polar surface area (TPSA) is 148 Å². The summed E-state index contributed by atoms with van der Waals surface area (Å²) in [5.41, 5.74) is 3.66. The Balaban J connectivity index is 1.39. The van der Waals surface area contributed by atoms with E-state index in [4.69, 9.17) is 5.11 Å². The number of para-hydroxylation sites is 1. The zero-order valence-corrected chi connectivity index (χ0v) is 21.4. The number of likely N-dealkylation sites (N-methyl/N-ethyl adjacent to an activating group) is 1. The van der Waals surface area contributed by atoms with Crippen LogP contribution in [0.1, 0.15) is 21.5 Å². The molecule has 3 aromatic carbocycles. The Labute approximate surface area is 224 Å². The van der Waals surface area contributed by atoms with Crippen LogP contribution >= 0.6 is 0 Å². The van der Waals surface area contributed by atoms with Crippen LogP contribution in [0.2, 0.25) is 0 Å². The monoisotopic (exact) mass is 529 g/mol. The van der Waals surface area contributed by atoms with E-state index < -0.39 is 24.3 Å². The minimum absolute atomic E-state index is 0.0320. The molecule has 11 heteroatoms. The van der Waals surface area contributed by atoms with Crippen LogP contribution in [0.15, 0.2) is 66.7 Å². The van der Waals surface area contributed by atoms with E-state index in [1.807, 2.05) is 25.1 Å². The highest BCUT2D eigenvalue weighted by Gasteiger charge is 2.31. The van der Waals surface area contributed by atoms with Gasteiger partial charge in [0.05, 0.1) is 17.7 Å². The normalized spacial score (nSPS) is 12.9. The fraction of sp³-hybridized carbons (Fsp3) is 0.179. The molecule has 4 N–H and O–H groups in total. The van der Waals surface area contributed by atoms with Crippen molar-refractivity contribution in [1.82, 2.24) is 4.90 Å². The highest BCUT2D eigenvalue weighted by Crippen LogP contribution is 2.28. The number of carbonyl (C=O) groups is 5.